The number of aliphatic imine (C=N–C) groups is 1. The molecule has 6 nitrogen and oxygen atoms in total. The molecule has 4 aromatic rings. The second-order valence-corrected chi connectivity index (χ2v) is 7.21. The molecule has 0 unspecified atom stereocenters. The van der Waals surface area contributed by atoms with E-state index in [1.54, 1.807) is 13.3 Å². The molecule has 2 aromatic carbocycles. The molecular weight excluding hydrogens is 397 g/mol. The predicted octanol–water partition coefficient (Wildman–Crippen LogP) is 4.89. The van der Waals surface area contributed by atoms with Gasteiger partial charge >= 0.3 is 0 Å². The van der Waals surface area contributed by atoms with E-state index in [-0.39, 0.29) is 0 Å². The molecule has 8 heteroatoms. The summed E-state index contributed by atoms with van der Waals surface area (Å²) in [7, 11) is 0. The van der Waals surface area contributed by atoms with E-state index in [1.165, 1.54) is 0 Å². The first-order valence-electron chi connectivity index (χ1n) is 8.58. The van der Waals surface area contributed by atoms with Crippen molar-refractivity contribution >= 4 is 28.9 Å². The SMILES string of the molecule is Cc1noc(-c2ncn3c2CN=C(c2ccccc2Cl)c2cc(Cl)ccc2-3)n1. The van der Waals surface area contributed by atoms with Gasteiger partial charge in [0.2, 0.25) is 0 Å². The first kappa shape index (κ1) is 17.2. The van der Waals surface area contributed by atoms with Gasteiger partial charge in [0.15, 0.2) is 11.5 Å². The maximum absolute atomic E-state index is 6.47. The average molecular weight is 410 g/mol. The summed E-state index contributed by atoms with van der Waals surface area (Å²) in [5.41, 5.74) is 4.89. The van der Waals surface area contributed by atoms with Gasteiger partial charge in [-0.15, -0.1) is 0 Å². The Hall–Kier alpha value is -2.96. The zero-order valence-corrected chi connectivity index (χ0v) is 16.2. The molecule has 0 amide bonds. The van der Waals surface area contributed by atoms with Crippen molar-refractivity contribution in [3.05, 3.63) is 81.5 Å². The number of aromatic nitrogens is 4. The Morgan fingerprint density at radius 1 is 1.07 bits per heavy atom. The highest BCUT2D eigenvalue weighted by Gasteiger charge is 2.25. The minimum atomic E-state index is 0.373. The second kappa shape index (κ2) is 6.58. The van der Waals surface area contributed by atoms with Crippen molar-refractivity contribution in [2.45, 2.75) is 13.5 Å². The van der Waals surface area contributed by atoms with Crippen LogP contribution in [-0.2, 0) is 6.54 Å². The van der Waals surface area contributed by atoms with E-state index in [2.05, 4.69) is 15.1 Å². The molecular formula is C20H13Cl2N5O. The van der Waals surface area contributed by atoms with Crippen molar-refractivity contribution in [1.82, 2.24) is 19.7 Å². The van der Waals surface area contributed by atoms with Crippen LogP contribution in [0.3, 0.4) is 0 Å². The van der Waals surface area contributed by atoms with Gasteiger partial charge in [-0.3, -0.25) is 9.56 Å². The Balaban J connectivity index is 1.76. The maximum Gasteiger partial charge on any atom is 0.278 e. The number of halogens is 2. The van der Waals surface area contributed by atoms with Crippen molar-refractivity contribution < 1.29 is 4.52 Å². The van der Waals surface area contributed by atoms with E-state index in [9.17, 15) is 0 Å². The van der Waals surface area contributed by atoms with Gasteiger partial charge in [-0.25, -0.2) is 4.98 Å². The molecule has 1 aliphatic rings. The van der Waals surface area contributed by atoms with Crippen LogP contribution in [0.4, 0.5) is 0 Å². The predicted molar refractivity (Wildman–Crippen MR) is 107 cm³/mol. The van der Waals surface area contributed by atoms with E-state index >= 15 is 0 Å². The fraction of sp³-hybridized carbons (Fsp3) is 0.100. The Morgan fingerprint density at radius 2 is 1.93 bits per heavy atom. The maximum atomic E-state index is 6.47. The first-order valence-corrected chi connectivity index (χ1v) is 9.34. The third kappa shape index (κ3) is 2.73. The molecule has 0 aliphatic carbocycles. The van der Waals surface area contributed by atoms with Gasteiger partial charge in [0, 0.05) is 21.2 Å². The molecule has 0 saturated carbocycles. The fourth-order valence-corrected chi connectivity index (χ4v) is 3.73. The number of rotatable bonds is 2. The largest absolute Gasteiger partial charge is 0.332 e. The van der Waals surface area contributed by atoms with Gasteiger partial charge in [-0.05, 0) is 31.2 Å². The van der Waals surface area contributed by atoms with Gasteiger partial charge in [-0.2, -0.15) is 4.98 Å². The van der Waals surface area contributed by atoms with Crippen molar-refractivity contribution in [2.75, 3.05) is 0 Å². The molecule has 0 bridgehead atoms. The zero-order valence-electron chi connectivity index (χ0n) is 14.7. The molecule has 0 radical (unpaired) electrons. The summed E-state index contributed by atoms with van der Waals surface area (Å²) in [6.07, 6.45) is 1.74. The molecule has 0 atom stereocenters. The van der Waals surface area contributed by atoms with Crippen molar-refractivity contribution in [3.8, 4) is 17.3 Å². The summed E-state index contributed by atoms with van der Waals surface area (Å²) in [5.74, 6) is 0.927. The molecule has 1 aliphatic heterocycles. The monoisotopic (exact) mass is 409 g/mol. The molecule has 28 heavy (non-hydrogen) atoms. The van der Waals surface area contributed by atoms with E-state index < -0.39 is 0 Å². The third-order valence-electron chi connectivity index (χ3n) is 4.59. The Morgan fingerprint density at radius 3 is 2.71 bits per heavy atom. The van der Waals surface area contributed by atoms with Crippen LogP contribution in [0.2, 0.25) is 10.0 Å². The zero-order chi connectivity index (χ0) is 19.3. The van der Waals surface area contributed by atoms with Crippen LogP contribution in [0.25, 0.3) is 17.3 Å². The molecule has 0 fully saturated rings. The number of hydrogen-bond donors (Lipinski definition) is 0. The molecule has 0 saturated heterocycles. The highest BCUT2D eigenvalue weighted by Crippen LogP contribution is 2.32. The van der Waals surface area contributed by atoms with Crippen LogP contribution in [0.15, 0.2) is 58.3 Å². The van der Waals surface area contributed by atoms with Crippen LogP contribution in [-0.4, -0.2) is 25.4 Å². The number of hydrogen-bond acceptors (Lipinski definition) is 5. The highest BCUT2D eigenvalue weighted by atomic mass is 35.5. The topological polar surface area (TPSA) is 69.1 Å². The van der Waals surface area contributed by atoms with Crippen LogP contribution in [0, 0.1) is 6.92 Å². The number of nitrogens with zero attached hydrogens (tertiary/aromatic N) is 5. The van der Waals surface area contributed by atoms with Crippen molar-refractivity contribution in [1.29, 1.82) is 0 Å². The standard InChI is InChI=1S/C20H13Cl2N5O/c1-11-25-20(28-26-11)19-17-9-23-18(13-4-2-3-5-15(13)22)14-8-12(21)6-7-16(14)27(17)10-24-19/h2-8,10H,9H2,1H3. The summed E-state index contributed by atoms with van der Waals surface area (Å²) in [5, 5.41) is 5.12. The van der Waals surface area contributed by atoms with Gasteiger partial charge < -0.3 is 4.52 Å². The lowest BCUT2D eigenvalue weighted by Crippen LogP contribution is -2.07. The molecule has 138 valence electrons. The molecule has 2 aromatic heterocycles. The average Bonchev–Trinajstić information content (AvgIpc) is 3.26. The van der Waals surface area contributed by atoms with E-state index in [0.717, 1.165) is 28.2 Å². The summed E-state index contributed by atoms with van der Waals surface area (Å²) in [4.78, 5) is 13.7. The molecule has 5 rings (SSSR count). The second-order valence-electron chi connectivity index (χ2n) is 6.36. The first-order chi connectivity index (χ1) is 13.6. The Kier molecular flexibility index (Phi) is 4.03. The number of fused-ring (bicyclic) bond motifs is 3. The molecule has 0 N–H and O–H groups in total. The Labute approximate surface area is 170 Å². The van der Waals surface area contributed by atoms with Gasteiger partial charge in [0.05, 0.1) is 23.6 Å². The lowest BCUT2D eigenvalue weighted by molar-refractivity contribution is 0.424. The lowest BCUT2D eigenvalue weighted by atomic mass is 10.0. The molecule has 3 heterocycles. The van der Waals surface area contributed by atoms with E-state index in [0.29, 0.717) is 34.0 Å². The summed E-state index contributed by atoms with van der Waals surface area (Å²) in [6.45, 7) is 2.15. The summed E-state index contributed by atoms with van der Waals surface area (Å²) >= 11 is 12.8. The highest BCUT2D eigenvalue weighted by molar-refractivity contribution is 6.36. The number of aryl methyl sites for hydroxylation is 1. The Bertz CT molecular complexity index is 1240. The quantitative estimate of drug-likeness (QED) is 0.472. The fourth-order valence-electron chi connectivity index (χ4n) is 3.33. The van der Waals surface area contributed by atoms with Gasteiger partial charge in [0.25, 0.3) is 5.89 Å². The lowest BCUT2D eigenvalue weighted by Gasteiger charge is -2.13. The van der Waals surface area contributed by atoms with Gasteiger partial charge in [0.1, 0.15) is 6.33 Å². The van der Waals surface area contributed by atoms with Crippen LogP contribution < -0.4 is 0 Å². The van der Waals surface area contributed by atoms with Crippen molar-refractivity contribution in [3.63, 3.8) is 0 Å². The van der Waals surface area contributed by atoms with E-state index in [4.69, 9.17) is 32.7 Å². The summed E-state index contributed by atoms with van der Waals surface area (Å²) < 4.78 is 7.31. The van der Waals surface area contributed by atoms with Crippen molar-refractivity contribution in [2.24, 2.45) is 4.99 Å². The number of imidazole rings is 1. The minimum Gasteiger partial charge on any atom is -0.332 e. The molecule has 0 spiro atoms. The van der Waals surface area contributed by atoms with Crippen LogP contribution in [0.1, 0.15) is 22.6 Å². The smallest absolute Gasteiger partial charge is 0.278 e. The minimum absolute atomic E-state index is 0.373. The third-order valence-corrected chi connectivity index (χ3v) is 5.15. The van der Waals surface area contributed by atoms with Gasteiger partial charge in [-0.1, -0.05) is 46.6 Å². The summed E-state index contributed by atoms with van der Waals surface area (Å²) in [6, 6.07) is 13.3. The van der Waals surface area contributed by atoms with Crippen LogP contribution in [0.5, 0.6) is 0 Å². The van der Waals surface area contributed by atoms with E-state index in [1.807, 2.05) is 47.0 Å². The number of benzene rings is 2. The normalized spacial score (nSPS) is 12.9. The van der Waals surface area contributed by atoms with Crippen LogP contribution >= 0.6 is 23.2 Å².